The number of fused-ring (bicyclic) bond motifs is 1. The summed E-state index contributed by atoms with van der Waals surface area (Å²) in [6.07, 6.45) is 1.76. The number of piperidine rings is 1. The van der Waals surface area contributed by atoms with Crippen LogP contribution in [0.15, 0.2) is 41.8 Å². The Bertz CT molecular complexity index is 1530. The van der Waals surface area contributed by atoms with Crippen LogP contribution in [0, 0.1) is 13.8 Å². The zero-order valence-corrected chi connectivity index (χ0v) is 23.5. The lowest BCUT2D eigenvalue weighted by Crippen LogP contribution is -2.38. The number of methoxy groups -OCH3 is 1. The van der Waals surface area contributed by atoms with Gasteiger partial charge in [-0.15, -0.1) is 11.3 Å². The minimum Gasteiger partial charge on any atom is -0.497 e. The molecule has 6 rings (SSSR count). The van der Waals surface area contributed by atoms with Gasteiger partial charge in [0.1, 0.15) is 19.0 Å². The summed E-state index contributed by atoms with van der Waals surface area (Å²) in [6.45, 7) is 6.53. The lowest BCUT2D eigenvalue weighted by atomic mass is 9.94. The number of carbonyl (C=O) groups excluding carboxylic acids is 1. The molecule has 0 radical (unpaired) electrons. The maximum absolute atomic E-state index is 13.8. The second-order valence-corrected chi connectivity index (χ2v) is 11.0. The second-order valence-electron chi connectivity index (χ2n) is 10.1. The first-order valence-corrected chi connectivity index (χ1v) is 14.1. The fraction of sp³-hybridized carbons (Fsp3) is 0.367. The average Bonchev–Trinajstić information content (AvgIpc) is 3.56. The maximum Gasteiger partial charge on any atom is 0.254 e. The summed E-state index contributed by atoms with van der Waals surface area (Å²) in [7, 11) is 3.56. The third-order valence-electron chi connectivity index (χ3n) is 7.73. The van der Waals surface area contributed by atoms with E-state index in [1.807, 2.05) is 66.9 Å². The van der Waals surface area contributed by atoms with Crippen molar-refractivity contribution in [2.75, 3.05) is 33.4 Å². The molecule has 4 heterocycles. The molecule has 2 aliphatic rings. The van der Waals surface area contributed by atoms with Gasteiger partial charge < -0.3 is 19.1 Å². The second kappa shape index (κ2) is 10.4. The van der Waals surface area contributed by atoms with Crippen molar-refractivity contribution in [2.24, 2.45) is 7.05 Å². The van der Waals surface area contributed by atoms with Gasteiger partial charge in [-0.2, -0.15) is 5.10 Å². The lowest BCUT2D eigenvalue weighted by Gasteiger charge is -2.31. The summed E-state index contributed by atoms with van der Waals surface area (Å²) in [5.41, 5.74) is 6.48. The molecule has 2 aromatic heterocycles. The molecule has 0 atom stereocenters. The summed E-state index contributed by atoms with van der Waals surface area (Å²) in [5, 5.41) is 7.80. The molecule has 0 unspecified atom stereocenters. The number of aryl methyl sites for hydroxylation is 2. The number of ether oxygens (including phenoxy) is 3. The molecule has 1 amide bonds. The van der Waals surface area contributed by atoms with Crippen molar-refractivity contribution in [3.63, 3.8) is 0 Å². The van der Waals surface area contributed by atoms with Crippen molar-refractivity contribution in [2.45, 2.75) is 32.6 Å². The largest absolute Gasteiger partial charge is 0.497 e. The minimum atomic E-state index is 0.0288. The van der Waals surface area contributed by atoms with E-state index >= 15 is 0 Å². The highest BCUT2D eigenvalue weighted by Crippen LogP contribution is 2.38. The van der Waals surface area contributed by atoms with Gasteiger partial charge >= 0.3 is 0 Å². The number of benzene rings is 2. The van der Waals surface area contributed by atoms with Crippen molar-refractivity contribution < 1.29 is 19.0 Å². The Morgan fingerprint density at radius 1 is 1.05 bits per heavy atom. The quantitative estimate of drug-likeness (QED) is 0.324. The van der Waals surface area contributed by atoms with Gasteiger partial charge in [-0.05, 0) is 68.7 Å². The molecule has 9 heteroatoms. The molecule has 8 nitrogen and oxygen atoms in total. The van der Waals surface area contributed by atoms with Crippen LogP contribution in [0.25, 0.3) is 22.4 Å². The number of hydrogen-bond donors (Lipinski definition) is 0. The van der Waals surface area contributed by atoms with Gasteiger partial charge in [0.25, 0.3) is 5.91 Å². The number of thiazole rings is 1. The zero-order valence-electron chi connectivity index (χ0n) is 22.7. The van der Waals surface area contributed by atoms with Crippen molar-refractivity contribution in [1.82, 2.24) is 19.7 Å². The van der Waals surface area contributed by atoms with Crippen molar-refractivity contribution >= 4 is 17.2 Å². The predicted octanol–water partition coefficient (Wildman–Crippen LogP) is 5.63. The number of likely N-dealkylation sites (tertiary alicyclic amines) is 1. The molecule has 1 fully saturated rings. The van der Waals surface area contributed by atoms with Gasteiger partial charge in [0, 0.05) is 48.3 Å². The smallest absolute Gasteiger partial charge is 0.254 e. The fourth-order valence-electron chi connectivity index (χ4n) is 5.52. The van der Waals surface area contributed by atoms with Crippen molar-refractivity contribution in [3.05, 3.63) is 63.7 Å². The number of amides is 1. The average molecular weight is 545 g/mol. The van der Waals surface area contributed by atoms with E-state index in [2.05, 4.69) is 10.5 Å². The van der Waals surface area contributed by atoms with Crippen LogP contribution in [0.5, 0.6) is 17.2 Å². The molecule has 4 aromatic rings. The van der Waals surface area contributed by atoms with Crippen molar-refractivity contribution in [1.29, 1.82) is 0 Å². The van der Waals surface area contributed by atoms with Gasteiger partial charge in [0.2, 0.25) is 0 Å². The SMILES string of the molecule is COc1ccc(-c2c(C)nn(C)c2C)c(C(=O)N2CCC(c3nc(-c4ccc5c(c4)OCCO5)cs3)CC2)c1. The molecule has 2 aliphatic heterocycles. The van der Waals surface area contributed by atoms with Gasteiger partial charge in [-0.25, -0.2) is 4.98 Å². The molecule has 0 N–H and O–H groups in total. The lowest BCUT2D eigenvalue weighted by molar-refractivity contribution is 0.0713. The summed E-state index contributed by atoms with van der Waals surface area (Å²) in [6, 6.07) is 11.7. The summed E-state index contributed by atoms with van der Waals surface area (Å²) in [5.74, 6) is 2.59. The van der Waals surface area contributed by atoms with Crippen LogP contribution in [0.3, 0.4) is 0 Å². The van der Waals surface area contributed by atoms with E-state index in [0.717, 1.165) is 63.1 Å². The van der Waals surface area contributed by atoms with Crippen LogP contribution >= 0.6 is 11.3 Å². The zero-order chi connectivity index (χ0) is 27.1. The van der Waals surface area contributed by atoms with Crippen LogP contribution in [0.1, 0.15) is 45.5 Å². The van der Waals surface area contributed by atoms with E-state index in [1.54, 1.807) is 18.4 Å². The highest BCUT2D eigenvalue weighted by Gasteiger charge is 2.29. The van der Waals surface area contributed by atoms with E-state index < -0.39 is 0 Å². The molecule has 0 bridgehead atoms. The standard InChI is InChI=1S/C30H32N4O4S/c1-18-28(19(2)33(3)32-18)23-7-6-22(36-4)16-24(23)30(35)34-11-9-20(10-12-34)29-31-25(17-39-29)21-5-8-26-27(15-21)38-14-13-37-26/h5-8,15-17,20H,9-14H2,1-4H3. The normalized spacial score (nSPS) is 15.4. The highest BCUT2D eigenvalue weighted by molar-refractivity contribution is 7.10. The first-order valence-electron chi connectivity index (χ1n) is 13.3. The Kier molecular flexibility index (Phi) is 6.76. The summed E-state index contributed by atoms with van der Waals surface area (Å²) < 4.78 is 18.7. The van der Waals surface area contributed by atoms with Crippen LogP contribution in [-0.2, 0) is 7.05 Å². The topological polar surface area (TPSA) is 78.7 Å². The molecule has 2 aromatic carbocycles. The molecule has 0 aliphatic carbocycles. The number of carbonyl (C=O) groups is 1. The monoisotopic (exact) mass is 544 g/mol. The van der Waals surface area contributed by atoms with Crippen LogP contribution in [-0.4, -0.2) is 59.0 Å². The number of nitrogens with zero attached hydrogens (tertiary/aromatic N) is 4. The Balaban J connectivity index is 1.19. The third-order valence-corrected chi connectivity index (χ3v) is 8.73. The number of aromatic nitrogens is 3. The fourth-order valence-corrected chi connectivity index (χ4v) is 6.52. The van der Waals surface area contributed by atoms with E-state index in [4.69, 9.17) is 19.2 Å². The van der Waals surface area contributed by atoms with Gasteiger partial charge in [0.15, 0.2) is 11.5 Å². The van der Waals surface area contributed by atoms with Crippen LogP contribution in [0.2, 0.25) is 0 Å². The van der Waals surface area contributed by atoms with E-state index in [9.17, 15) is 4.79 Å². The Hall–Kier alpha value is -3.85. The Morgan fingerprint density at radius 3 is 2.54 bits per heavy atom. The van der Waals surface area contributed by atoms with Gasteiger partial charge in [-0.1, -0.05) is 0 Å². The Labute approximate surface area is 232 Å². The molecule has 1 saturated heterocycles. The molecule has 0 saturated carbocycles. The van der Waals surface area contributed by atoms with Crippen LogP contribution in [0.4, 0.5) is 0 Å². The first-order chi connectivity index (χ1) is 18.9. The molecular formula is C30H32N4O4S. The summed E-state index contributed by atoms with van der Waals surface area (Å²) in [4.78, 5) is 20.8. The Morgan fingerprint density at radius 2 is 1.82 bits per heavy atom. The minimum absolute atomic E-state index is 0.0288. The van der Waals surface area contributed by atoms with Crippen molar-refractivity contribution in [3.8, 4) is 39.6 Å². The third kappa shape index (κ3) is 4.76. The molecular weight excluding hydrogens is 512 g/mol. The summed E-state index contributed by atoms with van der Waals surface area (Å²) >= 11 is 1.69. The molecule has 0 spiro atoms. The predicted molar refractivity (Wildman–Crippen MR) is 151 cm³/mol. The van der Waals surface area contributed by atoms with Gasteiger partial charge in [-0.3, -0.25) is 9.48 Å². The first kappa shape index (κ1) is 25.4. The van der Waals surface area contributed by atoms with E-state index in [1.165, 1.54) is 0 Å². The van der Waals surface area contributed by atoms with Gasteiger partial charge in [0.05, 0.1) is 29.1 Å². The highest BCUT2D eigenvalue weighted by atomic mass is 32.1. The molecule has 39 heavy (non-hydrogen) atoms. The van der Waals surface area contributed by atoms with E-state index in [0.29, 0.717) is 43.5 Å². The maximum atomic E-state index is 13.8. The molecule has 202 valence electrons. The number of hydrogen-bond acceptors (Lipinski definition) is 7. The number of rotatable bonds is 5. The van der Waals surface area contributed by atoms with E-state index in [-0.39, 0.29) is 5.91 Å². The van der Waals surface area contributed by atoms with Crippen LogP contribution < -0.4 is 14.2 Å².